The van der Waals surface area contributed by atoms with Gasteiger partial charge in [0, 0.05) is 56.1 Å². The van der Waals surface area contributed by atoms with Gasteiger partial charge in [0.15, 0.2) is 0 Å². The fraction of sp³-hybridized carbons (Fsp3) is 0.318. The lowest BCUT2D eigenvalue weighted by Gasteiger charge is -2.18. The number of nitrogens with one attached hydrogen (secondary N) is 3. The average molecular weight is 394 g/mol. The summed E-state index contributed by atoms with van der Waals surface area (Å²) in [6, 6.07) is 15.1. The molecule has 3 amide bonds. The number of anilines is 3. The van der Waals surface area contributed by atoms with E-state index in [1.165, 1.54) is 19.5 Å². The van der Waals surface area contributed by atoms with Crippen LogP contribution in [0.4, 0.5) is 17.1 Å². The Balaban J connectivity index is 1.62. The molecule has 7 heteroatoms. The Labute approximate surface area is 170 Å². The minimum atomic E-state index is -0.247. The van der Waals surface area contributed by atoms with Crippen LogP contribution in [0.2, 0.25) is 0 Å². The van der Waals surface area contributed by atoms with Crippen molar-refractivity contribution in [1.29, 1.82) is 0 Å². The van der Waals surface area contributed by atoms with Crippen LogP contribution >= 0.6 is 0 Å². The van der Waals surface area contributed by atoms with E-state index in [4.69, 9.17) is 0 Å². The highest BCUT2D eigenvalue weighted by Gasteiger charge is 2.23. The number of nitrogens with zero attached hydrogens (tertiary/aromatic N) is 1. The second-order valence-electron chi connectivity index (χ2n) is 7.31. The zero-order valence-corrected chi connectivity index (χ0v) is 16.7. The van der Waals surface area contributed by atoms with Crippen LogP contribution in [0.25, 0.3) is 0 Å². The van der Waals surface area contributed by atoms with Crippen molar-refractivity contribution in [2.45, 2.75) is 20.3 Å². The molecule has 1 fully saturated rings. The maximum atomic E-state index is 12.7. The van der Waals surface area contributed by atoms with E-state index in [2.05, 4.69) is 33.0 Å². The van der Waals surface area contributed by atoms with E-state index in [0.29, 0.717) is 29.4 Å². The first-order valence-electron chi connectivity index (χ1n) is 9.69. The topological polar surface area (TPSA) is 90.5 Å². The summed E-state index contributed by atoms with van der Waals surface area (Å²) in [5, 5.41) is 8.30. The molecule has 0 radical (unpaired) electrons. The van der Waals surface area contributed by atoms with Crippen molar-refractivity contribution >= 4 is 34.8 Å². The molecule has 1 aliphatic rings. The molecule has 1 unspecified atom stereocenters. The van der Waals surface area contributed by atoms with E-state index in [-0.39, 0.29) is 17.7 Å². The molecule has 1 aliphatic heterocycles. The van der Waals surface area contributed by atoms with Gasteiger partial charge in [0.25, 0.3) is 5.91 Å². The largest absolute Gasteiger partial charge is 0.371 e. The molecule has 1 heterocycles. The van der Waals surface area contributed by atoms with E-state index in [1.807, 2.05) is 18.2 Å². The van der Waals surface area contributed by atoms with Crippen LogP contribution in [0.15, 0.2) is 48.5 Å². The lowest BCUT2D eigenvalue weighted by atomic mass is 10.1. The summed E-state index contributed by atoms with van der Waals surface area (Å²) >= 11 is 0. The normalized spacial score (nSPS) is 15.7. The zero-order chi connectivity index (χ0) is 20.8. The van der Waals surface area contributed by atoms with E-state index < -0.39 is 0 Å². The molecule has 0 aliphatic carbocycles. The fourth-order valence-electron chi connectivity index (χ4n) is 3.52. The van der Waals surface area contributed by atoms with Crippen LogP contribution in [0, 0.1) is 5.92 Å². The number of para-hydroxylation sites is 1. The van der Waals surface area contributed by atoms with Crippen molar-refractivity contribution in [3.05, 3.63) is 54.1 Å². The van der Waals surface area contributed by atoms with Gasteiger partial charge in [-0.25, -0.2) is 0 Å². The second kappa shape index (κ2) is 9.23. The van der Waals surface area contributed by atoms with Gasteiger partial charge in [-0.15, -0.1) is 0 Å². The predicted molar refractivity (Wildman–Crippen MR) is 114 cm³/mol. The van der Waals surface area contributed by atoms with E-state index in [0.717, 1.165) is 19.5 Å². The first-order valence-corrected chi connectivity index (χ1v) is 9.69. The van der Waals surface area contributed by atoms with Crippen LogP contribution in [0.1, 0.15) is 30.6 Å². The van der Waals surface area contributed by atoms with Crippen molar-refractivity contribution in [2.24, 2.45) is 5.92 Å². The van der Waals surface area contributed by atoms with Gasteiger partial charge in [-0.1, -0.05) is 18.2 Å². The molecule has 0 spiro atoms. The van der Waals surface area contributed by atoms with Gasteiger partial charge in [-0.2, -0.15) is 0 Å². The molecule has 3 N–H and O–H groups in total. The standard InChI is InChI=1S/C22H26N4O3/c1-15(27)24-19-10-18(11-20(12-19)25-16(2)28)22(29)23-13-17-8-9-26(14-17)21-6-4-3-5-7-21/h3-7,10-12,17H,8-9,13-14H2,1-2H3,(H,23,29)(H,24,27)(H,25,28). The van der Waals surface area contributed by atoms with Crippen molar-refractivity contribution in [3.63, 3.8) is 0 Å². The Morgan fingerprint density at radius 3 is 2.17 bits per heavy atom. The zero-order valence-electron chi connectivity index (χ0n) is 16.7. The van der Waals surface area contributed by atoms with Gasteiger partial charge in [-0.05, 0) is 42.7 Å². The van der Waals surface area contributed by atoms with Crippen LogP contribution in [-0.4, -0.2) is 37.4 Å². The van der Waals surface area contributed by atoms with Crippen LogP contribution in [-0.2, 0) is 9.59 Å². The first-order chi connectivity index (χ1) is 13.9. The molecule has 7 nitrogen and oxygen atoms in total. The predicted octanol–water partition coefficient (Wildman–Crippen LogP) is 2.86. The molecule has 29 heavy (non-hydrogen) atoms. The number of rotatable bonds is 6. The van der Waals surface area contributed by atoms with E-state index >= 15 is 0 Å². The minimum Gasteiger partial charge on any atom is -0.371 e. The Bertz CT molecular complexity index is 864. The van der Waals surface area contributed by atoms with Crippen molar-refractivity contribution in [3.8, 4) is 0 Å². The molecule has 0 saturated carbocycles. The molecule has 152 valence electrons. The summed E-state index contributed by atoms with van der Waals surface area (Å²) in [6.07, 6.45) is 1.01. The highest BCUT2D eigenvalue weighted by Crippen LogP contribution is 2.23. The molecule has 2 aromatic carbocycles. The molecule has 2 aromatic rings. The average Bonchev–Trinajstić information content (AvgIpc) is 3.14. The molecule has 1 atom stereocenters. The molecular formula is C22H26N4O3. The minimum absolute atomic E-state index is 0.234. The quantitative estimate of drug-likeness (QED) is 0.703. The summed E-state index contributed by atoms with van der Waals surface area (Å²) in [5.41, 5.74) is 2.51. The molecule has 0 bridgehead atoms. The van der Waals surface area contributed by atoms with Gasteiger partial charge in [0.2, 0.25) is 11.8 Å². The Morgan fingerprint density at radius 1 is 0.966 bits per heavy atom. The summed E-state index contributed by atoms with van der Waals surface area (Å²) < 4.78 is 0. The maximum Gasteiger partial charge on any atom is 0.251 e. The summed E-state index contributed by atoms with van der Waals surface area (Å²) in [6.45, 7) is 5.22. The lowest BCUT2D eigenvalue weighted by molar-refractivity contribution is -0.115. The van der Waals surface area contributed by atoms with Gasteiger partial charge in [0.05, 0.1) is 0 Å². The molecule has 0 aromatic heterocycles. The number of hydrogen-bond acceptors (Lipinski definition) is 4. The van der Waals surface area contributed by atoms with Crippen molar-refractivity contribution in [1.82, 2.24) is 5.32 Å². The molecular weight excluding hydrogens is 368 g/mol. The number of amides is 3. The SMILES string of the molecule is CC(=O)Nc1cc(NC(C)=O)cc(C(=O)NCC2CCN(c3ccccc3)C2)c1. The maximum absolute atomic E-state index is 12.7. The molecule has 3 rings (SSSR count). The van der Waals surface area contributed by atoms with E-state index in [1.54, 1.807) is 18.2 Å². The Hall–Kier alpha value is -3.35. The van der Waals surface area contributed by atoms with Gasteiger partial charge in [-0.3, -0.25) is 14.4 Å². The second-order valence-corrected chi connectivity index (χ2v) is 7.31. The highest BCUT2D eigenvalue weighted by molar-refractivity contribution is 5.99. The first kappa shape index (κ1) is 20.4. The van der Waals surface area contributed by atoms with Crippen LogP contribution < -0.4 is 20.9 Å². The smallest absolute Gasteiger partial charge is 0.251 e. The summed E-state index contributed by atoms with van der Waals surface area (Å²) in [4.78, 5) is 37.7. The number of carbonyl (C=O) groups is 3. The van der Waals surface area contributed by atoms with Crippen molar-refractivity contribution < 1.29 is 14.4 Å². The third-order valence-corrected chi connectivity index (χ3v) is 4.79. The number of benzene rings is 2. The summed E-state index contributed by atoms with van der Waals surface area (Å²) in [5.74, 6) is -0.360. The summed E-state index contributed by atoms with van der Waals surface area (Å²) in [7, 11) is 0. The van der Waals surface area contributed by atoms with Gasteiger partial charge in [0.1, 0.15) is 0 Å². The third kappa shape index (κ3) is 5.81. The monoisotopic (exact) mass is 394 g/mol. The number of hydrogen-bond donors (Lipinski definition) is 3. The Kier molecular flexibility index (Phi) is 6.49. The molecule has 1 saturated heterocycles. The third-order valence-electron chi connectivity index (χ3n) is 4.79. The highest BCUT2D eigenvalue weighted by atomic mass is 16.2. The van der Waals surface area contributed by atoms with Crippen LogP contribution in [0.3, 0.4) is 0 Å². The lowest BCUT2D eigenvalue weighted by Crippen LogP contribution is -2.31. The van der Waals surface area contributed by atoms with Gasteiger partial charge < -0.3 is 20.9 Å². The van der Waals surface area contributed by atoms with Crippen LogP contribution in [0.5, 0.6) is 0 Å². The number of carbonyl (C=O) groups excluding carboxylic acids is 3. The van der Waals surface area contributed by atoms with Crippen molar-refractivity contribution in [2.75, 3.05) is 35.2 Å². The van der Waals surface area contributed by atoms with E-state index in [9.17, 15) is 14.4 Å². The van der Waals surface area contributed by atoms with Gasteiger partial charge >= 0.3 is 0 Å². The Morgan fingerprint density at radius 2 is 1.59 bits per heavy atom. The fourth-order valence-corrected chi connectivity index (χ4v) is 3.52.